The molecule has 5 rings (SSSR count). The SMILES string of the molecule is COc1ccc(-c2n[nH]c3c2[C@@H](c2ccc(O)cc2)N(c2ccc(Br)cc2)C3=O)cc1. The van der Waals surface area contributed by atoms with Crippen LogP contribution in [0.15, 0.2) is 77.3 Å². The Labute approximate surface area is 187 Å². The molecule has 2 N–H and O–H groups in total. The smallest absolute Gasteiger partial charge is 0.277 e. The molecule has 7 heteroatoms. The van der Waals surface area contributed by atoms with Crippen molar-refractivity contribution in [3.8, 4) is 22.8 Å². The number of aromatic hydroxyl groups is 1. The second-order valence-corrected chi connectivity index (χ2v) is 8.15. The van der Waals surface area contributed by atoms with Crippen molar-refractivity contribution in [2.24, 2.45) is 0 Å². The number of rotatable bonds is 4. The average molecular weight is 476 g/mol. The summed E-state index contributed by atoms with van der Waals surface area (Å²) in [5.41, 5.74) is 4.52. The number of phenolic OH excluding ortho intramolecular Hbond substituents is 1. The van der Waals surface area contributed by atoms with E-state index < -0.39 is 0 Å². The van der Waals surface area contributed by atoms with Gasteiger partial charge in [0.15, 0.2) is 0 Å². The van der Waals surface area contributed by atoms with E-state index in [1.54, 1.807) is 24.1 Å². The first-order valence-corrected chi connectivity index (χ1v) is 10.5. The molecule has 2 heterocycles. The van der Waals surface area contributed by atoms with E-state index in [0.717, 1.165) is 32.6 Å². The second kappa shape index (κ2) is 7.59. The summed E-state index contributed by atoms with van der Waals surface area (Å²) in [4.78, 5) is 15.2. The quantitative estimate of drug-likeness (QED) is 0.419. The normalized spacial score (nSPS) is 15.2. The maximum atomic E-state index is 13.5. The molecule has 1 amide bonds. The predicted molar refractivity (Wildman–Crippen MR) is 121 cm³/mol. The van der Waals surface area contributed by atoms with Gasteiger partial charge in [0.2, 0.25) is 0 Å². The van der Waals surface area contributed by atoms with Crippen molar-refractivity contribution >= 4 is 27.5 Å². The van der Waals surface area contributed by atoms with E-state index in [4.69, 9.17) is 4.74 Å². The van der Waals surface area contributed by atoms with Crippen LogP contribution in [0.4, 0.5) is 5.69 Å². The highest BCUT2D eigenvalue weighted by atomic mass is 79.9. The van der Waals surface area contributed by atoms with Gasteiger partial charge in [0.1, 0.15) is 17.2 Å². The number of carbonyl (C=O) groups excluding carboxylic acids is 1. The van der Waals surface area contributed by atoms with E-state index in [1.165, 1.54) is 0 Å². The van der Waals surface area contributed by atoms with E-state index >= 15 is 0 Å². The van der Waals surface area contributed by atoms with E-state index in [2.05, 4.69) is 26.1 Å². The van der Waals surface area contributed by atoms with Gasteiger partial charge >= 0.3 is 0 Å². The number of aromatic nitrogens is 2. The Kier molecular flexibility index (Phi) is 4.75. The third kappa shape index (κ3) is 3.27. The van der Waals surface area contributed by atoms with Gasteiger partial charge < -0.3 is 9.84 Å². The van der Waals surface area contributed by atoms with Crippen LogP contribution in [0.5, 0.6) is 11.5 Å². The van der Waals surface area contributed by atoms with Gasteiger partial charge in [-0.15, -0.1) is 0 Å². The Morgan fingerprint density at radius 2 is 1.68 bits per heavy atom. The molecular weight excluding hydrogens is 458 g/mol. The number of benzene rings is 3. The number of hydrogen-bond acceptors (Lipinski definition) is 4. The lowest BCUT2D eigenvalue weighted by atomic mass is 9.95. The number of aromatic amines is 1. The molecule has 1 aliphatic heterocycles. The summed E-state index contributed by atoms with van der Waals surface area (Å²) < 4.78 is 6.20. The molecule has 0 fully saturated rings. The van der Waals surface area contributed by atoms with Crippen LogP contribution in [-0.2, 0) is 0 Å². The number of ether oxygens (including phenoxy) is 1. The lowest BCUT2D eigenvalue weighted by molar-refractivity contribution is 0.0989. The lowest BCUT2D eigenvalue weighted by Crippen LogP contribution is -2.29. The van der Waals surface area contributed by atoms with E-state index in [-0.39, 0.29) is 17.7 Å². The topological polar surface area (TPSA) is 78.5 Å². The molecule has 0 bridgehead atoms. The summed E-state index contributed by atoms with van der Waals surface area (Å²) in [5.74, 6) is 0.771. The van der Waals surface area contributed by atoms with Gasteiger partial charge in [-0.1, -0.05) is 28.1 Å². The summed E-state index contributed by atoms with van der Waals surface area (Å²) in [7, 11) is 1.62. The number of nitrogens with one attached hydrogen (secondary N) is 1. The van der Waals surface area contributed by atoms with Gasteiger partial charge in [0.05, 0.1) is 18.8 Å². The fourth-order valence-electron chi connectivity index (χ4n) is 3.96. The van der Waals surface area contributed by atoms with Gasteiger partial charge in [-0.25, -0.2) is 0 Å². The highest BCUT2D eigenvalue weighted by Crippen LogP contribution is 2.45. The number of nitrogens with zero attached hydrogens (tertiary/aromatic N) is 2. The first-order valence-electron chi connectivity index (χ1n) is 9.67. The third-order valence-electron chi connectivity index (χ3n) is 5.45. The summed E-state index contributed by atoms with van der Waals surface area (Å²) in [5, 5.41) is 17.2. The van der Waals surface area contributed by atoms with Crippen LogP contribution in [0.3, 0.4) is 0 Å². The van der Waals surface area contributed by atoms with Crippen molar-refractivity contribution in [2.75, 3.05) is 12.0 Å². The second-order valence-electron chi connectivity index (χ2n) is 7.24. The Morgan fingerprint density at radius 1 is 1.00 bits per heavy atom. The summed E-state index contributed by atoms with van der Waals surface area (Å²) in [6, 6.07) is 21.8. The number of H-pyrrole nitrogens is 1. The zero-order chi connectivity index (χ0) is 21.5. The number of anilines is 1. The fourth-order valence-corrected chi connectivity index (χ4v) is 4.22. The number of amides is 1. The van der Waals surface area contributed by atoms with E-state index in [0.29, 0.717) is 11.4 Å². The zero-order valence-corrected chi connectivity index (χ0v) is 18.1. The van der Waals surface area contributed by atoms with Gasteiger partial charge in [-0.05, 0) is 66.2 Å². The molecule has 4 aromatic rings. The minimum Gasteiger partial charge on any atom is -0.508 e. The van der Waals surface area contributed by atoms with Crippen LogP contribution < -0.4 is 9.64 Å². The largest absolute Gasteiger partial charge is 0.508 e. The Morgan fingerprint density at radius 3 is 2.32 bits per heavy atom. The van der Waals surface area contributed by atoms with Gasteiger partial charge in [-0.3, -0.25) is 14.8 Å². The summed E-state index contributed by atoms with van der Waals surface area (Å²) in [6.07, 6.45) is 0. The number of hydrogen-bond donors (Lipinski definition) is 2. The Balaban J connectivity index is 1.69. The lowest BCUT2D eigenvalue weighted by Gasteiger charge is -2.26. The Hall–Kier alpha value is -3.58. The van der Waals surface area contributed by atoms with E-state index in [9.17, 15) is 9.90 Å². The maximum Gasteiger partial charge on any atom is 0.277 e. The van der Waals surface area contributed by atoms with Gasteiger partial charge in [-0.2, -0.15) is 5.10 Å². The fraction of sp³-hybridized carbons (Fsp3) is 0.0833. The Bertz CT molecular complexity index is 1250. The number of carbonyl (C=O) groups is 1. The number of fused-ring (bicyclic) bond motifs is 1. The van der Waals surface area contributed by atoms with Crippen LogP contribution in [0.25, 0.3) is 11.3 Å². The monoisotopic (exact) mass is 475 g/mol. The average Bonchev–Trinajstić information content (AvgIpc) is 3.34. The van der Waals surface area contributed by atoms with Crippen molar-refractivity contribution in [1.29, 1.82) is 0 Å². The molecule has 0 aliphatic carbocycles. The molecule has 3 aromatic carbocycles. The molecule has 154 valence electrons. The highest BCUT2D eigenvalue weighted by molar-refractivity contribution is 9.10. The molecule has 31 heavy (non-hydrogen) atoms. The number of halogens is 1. The first kappa shape index (κ1) is 19.4. The molecule has 1 atom stereocenters. The number of methoxy groups -OCH3 is 1. The first-order chi connectivity index (χ1) is 15.1. The molecule has 0 saturated heterocycles. The van der Waals surface area contributed by atoms with Crippen molar-refractivity contribution in [2.45, 2.75) is 6.04 Å². The van der Waals surface area contributed by atoms with Gasteiger partial charge in [0.25, 0.3) is 5.91 Å². The molecule has 0 spiro atoms. The number of phenols is 1. The molecule has 0 unspecified atom stereocenters. The molecule has 0 saturated carbocycles. The van der Waals surface area contributed by atoms with Crippen molar-refractivity contribution in [1.82, 2.24) is 10.2 Å². The third-order valence-corrected chi connectivity index (χ3v) is 5.97. The molecule has 1 aliphatic rings. The minimum absolute atomic E-state index is 0.150. The summed E-state index contributed by atoms with van der Waals surface area (Å²) in [6.45, 7) is 0. The predicted octanol–water partition coefficient (Wildman–Crippen LogP) is 5.30. The maximum absolute atomic E-state index is 13.5. The van der Waals surface area contributed by atoms with Gasteiger partial charge in [0, 0.05) is 21.3 Å². The zero-order valence-electron chi connectivity index (χ0n) is 16.5. The molecular formula is C24H18BrN3O3. The van der Waals surface area contributed by atoms with Crippen LogP contribution in [-0.4, -0.2) is 28.3 Å². The van der Waals surface area contributed by atoms with Crippen molar-refractivity contribution in [3.63, 3.8) is 0 Å². The van der Waals surface area contributed by atoms with Crippen molar-refractivity contribution < 1.29 is 14.6 Å². The van der Waals surface area contributed by atoms with E-state index in [1.807, 2.05) is 60.7 Å². The van der Waals surface area contributed by atoms with Crippen LogP contribution in [0.1, 0.15) is 27.7 Å². The van der Waals surface area contributed by atoms with Crippen molar-refractivity contribution in [3.05, 3.63) is 94.1 Å². The molecule has 0 radical (unpaired) electrons. The standard InChI is InChI=1S/C24H18BrN3O3/c1-31-19-12-4-14(5-13-19)21-20-22(27-26-21)24(30)28(17-8-6-16(25)7-9-17)23(20)15-2-10-18(29)11-3-15/h2-13,23,29H,1H3,(H,26,27)/t23-/m1/s1. The van der Waals surface area contributed by atoms with Crippen LogP contribution in [0, 0.1) is 0 Å². The van der Waals surface area contributed by atoms with Crippen LogP contribution in [0.2, 0.25) is 0 Å². The summed E-state index contributed by atoms with van der Waals surface area (Å²) >= 11 is 3.45. The van der Waals surface area contributed by atoms with Crippen LogP contribution >= 0.6 is 15.9 Å². The molecule has 6 nitrogen and oxygen atoms in total. The molecule has 1 aromatic heterocycles. The minimum atomic E-state index is -0.389. The highest BCUT2D eigenvalue weighted by Gasteiger charge is 2.43.